The van der Waals surface area contributed by atoms with E-state index in [1.807, 2.05) is 4.90 Å². The van der Waals surface area contributed by atoms with E-state index >= 15 is 0 Å². The predicted octanol–water partition coefficient (Wildman–Crippen LogP) is 2.37. The molecule has 7 heteroatoms. The number of halogens is 1. The highest BCUT2D eigenvalue weighted by Gasteiger charge is 2.32. The topological polar surface area (TPSA) is 72.4 Å². The monoisotopic (exact) mass is 381 g/mol. The molecule has 124 valence electrons. The molecule has 2 aliphatic rings. The van der Waals surface area contributed by atoms with E-state index in [1.165, 1.54) is 0 Å². The van der Waals surface area contributed by atoms with E-state index in [-0.39, 0.29) is 23.7 Å². The molecule has 1 saturated carbocycles. The van der Waals surface area contributed by atoms with Crippen molar-refractivity contribution in [3.63, 3.8) is 0 Å². The molecule has 1 aromatic rings. The van der Waals surface area contributed by atoms with Crippen molar-refractivity contribution < 1.29 is 14.3 Å². The van der Waals surface area contributed by atoms with Gasteiger partial charge in [-0.25, -0.2) is 9.97 Å². The first-order valence-electron chi connectivity index (χ1n) is 8.06. The van der Waals surface area contributed by atoms with Gasteiger partial charge in [0.15, 0.2) is 0 Å². The van der Waals surface area contributed by atoms with Crippen molar-refractivity contribution in [3.05, 3.63) is 16.9 Å². The summed E-state index contributed by atoms with van der Waals surface area (Å²) in [5.41, 5.74) is 0. The summed E-state index contributed by atoms with van der Waals surface area (Å²) in [5, 5.41) is 0. The van der Waals surface area contributed by atoms with Crippen LogP contribution in [-0.4, -0.2) is 45.8 Å². The Balaban J connectivity index is 1.56. The Morgan fingerprint density at radius 1 is 1.22 bits per heavy atom. The lowest BCUT2D eigenvalue weighted by Crippen LogP contribution is -2.47. The predicted molar refractivity (Wildman–Crippen MR) is 86.9 cm³/mol. The third-order valence-electron chi connectivity index (χ3n) is 4.45. The van der Waals surface area contributed by atoms with Crippen LogP contribution in [0.4, 0.5) is 0 Å². The Hall–Kier alpha value is -1.50. The van der Waals surface area contributed by atoms with Crippen molar-refractivity contribution >= 4 is 27.6 Å². The molecule has 2 heterocycles. The van der Waals surface area contributed by atoms with Crippen LogP contribution in [0, 0.1) is 5.92 Å². The molecule has 1 atom stereocenters. The average Bonchev–Trinajstić information content (AvgIpc) is 2.57. The Labute approximate surface area is 143 Å². The van der Waals surface area contributed by atoms with Gasteiger partial charge < -0.3 is 9.64 Å². The number of hydrogen-bond acceptors (Lipinski definition) is 5. The number of ketones is 1. The first-order valence-corrected chi connectivity index (χ1v) is 8.86. The lowest BCUT2D eigenvalue weighted by atomic mass is 9.87. The van der Waals surface area contributed by atoms with Crippen molar-refractivity contribution in [2.24, 2.45) is 5.92 Å². The highest BCUT2D eigenvalue weighted by molar-refractivity contribution is 9.10. The van der Waals surface area contributed by atoms with Gasteiger partial charge >= 0.3 is 6.01 Å². The summed E-state index contributed by atoms with van der Waals surface area (Å²) in [6.45, 7) is 1.34. The first kappa shape index (κ1) is 16.4. The molecule has 1 aromatic heterocycles. The molecule has 0 bridgehead atoms. The molecule has 6 nitrogen and oxygen atoms in total. The van der Waals surface area contributed by atoms with Crippen molar-refractivity contribution in [1.82, 2.24) is 14.9 Å². The van der Waals surface area contributed by atoms with Gasteiger partial charge in [-0.2, -0.15) is 0 Å². The number of rotatable bonds is 3. The Kier molecular flexibility index (Phi) is 5.25. The smallest absolute Gasteiger partial charge is 0.316 e. The highest BCUT2D eigenvalue weighted by Crippen LogP contribution is 2.25. The van der Waals surface area contributed by atoms with Crippen molar-refractivity contribution in [2.75, 3.05) is 13.1 Å². The summed E-state index contributed by atoms with van der Waals surface area (Å²) in [7, 11) is 0. The number of likely N-dealkylation sites (tertiary alicyclic amines) is 1. The van der Waals surface area contributed by atoms with Gasteiger partial charge in [-0.1, -0.05) is 0 Å². The van der Waals surface area contributed by atoms with E-state index in [4.69, 9.17) is 4.74 Å². The van der Waals surface area contributed by atoms with Crippen LogP contribution >= 0.6 is 15.9 Å². The standard InChI is InChI=1S/C16H20BrN3O3/c17-12-8-18-16(19-9-12)23-14-2-1-7-20(10-14)15(22)11-3-5-13(21)6-4-11/h8-9,11,14H,1-7,10H2. The average molecular weight is 382 g/mol. The molecule has 1 aliphatic carbocycles. The number of carbonyl (C=O) groups excluding carboxylic acids is 2. The number of ether oxygens (including phenoxy) is 1. The van der Waals surface area contributed by atoms with Crippen LogP contribution in [0.5, 0.6) is 6.01 Å². The minimum Gasteiger partial charge on any atom is -0.458 e. The molecule has 23 heavy (non-hydrogen) atoms. The zero-order chi connectivity index (χ0) is 16.2. The molecule has 2 fully saturated rings. The van der Waals surface area contributed by atoms with Gasteiger partial charge in [0.25, 0.3) is 0 Å². The third-order valence-corrected chi connectivity index (χ3v) is 4.86. The van der Waals surface area contributed by atoms with Crippen LogP contribution in [0.2, 0.25) is 0 Å². The fraction of sp³-hybridized carbons (Fsp3) is 0.625. The van der Waals surface area contributed by atoms with Gasteiger partial charge in [0.05, 0.1) is 11.0 Å². The number of nitrogens with zero attached hydrogens (tertiary/aromatic N) is 3. The van der Waals surface area contributed by atoms with Crippen molar-refractivity contribution in [3.8, 4) is 6.01 Å². The molecule has 3 rings (SSSR count). The van der Waals surface area contributed by atoms with Crippen LogP contribution in [0.25, 0.3) is 0 Å². The van der Waals surface area contributed by atoms with E-state index in [0.717, 1.165) is 23.9 Å². The quantitative estimate of drug-likeness (QED) is 0.803. The normalized spacial score (nSPS) is 22.9. The minimum absolute atomic E-state index is 0.00428. The van der Waals surface area contributed by atoms with Gasteiger partial charge in [-0.05, 0) is 41.6 Å². The zero-order valence-electron chi connectivity index (χ0n) is 12.9. The largest absolute Gasteiger partial charge is 0.458 e. The fourth-order valence-corrected chi connectivity index (χ4v) is 3.39. The van der Waals surface area contributed by atoms with Crippen molar-refractivity contribution in [1.29, 1.82) is 0 Å². The van der Waals surface area contributed by atoms with Crippen LogP contribution in [-0.2, 0) is 9.59 Å². The Morgan fingerprint density at radius 3 is 2.61 bits per heavy atom. The summed E-state index contributed by atoms with van der Waals surface area (Å²) in [6.07, 6.45) is 7.49. The van der Waals surface area contributed by atoms with E-state index in [0.29, 0.717) is 38.2 Å². The van der Waals surface area contributed by atoms with Crippen LogP contribution in [0.3, 0.4) is 0 Å². The van der Waals surface area contributed by atoms with E-state index in [9.17, 15) is 9.59 Å². The summed E-state index contributed by atoms with van der Waals surface area (Å²) >= 11 is 3.29. The van der Waals surface area contributed by atoms with E-state index in [1.54, 1.807) is 12.4 Å². The number of Topliss-reactive ketones (excluding diaryl/α,β-unsaturated/α-hetero) is 1. The SMILES string of the molecule is O=C1CCC(C(=O)N2CCCC(Oc3ncc(Br)cn3)C2)CC1. The van der Waals surface area contributed by atoms with Crippen molar-refractivity contribution in [2.45, 2.75) is 44.6 Å². The second-order valence-electron chi connectivity index (χ2n) is 6.16. The number of carbonyl (C=O) groups is 2. The third kappa shape index (κ3) is 4.28. The maximum Gasteiger partial charge on any atom is 0.316 e. The highest BCUT2D eigenvalue weighted by atomic mass is 79.9. The second kappa shape index (κ2) is 7.38. The molecule has 0 spiro atoms. The lowest BCUT2D eigenvalue weighted by Gasteiger charge is -2.35. The Morgan fingerprint density at radius 2 is 1.91 bits per heavy atom. The molecule has 1 aliphatic heterocycles. The molecule has 1 saturated heterocycles. The summed E-state index contributed by atoms with van der Waals surface area (Å²) in [4.78, 5) is 34.1. The lowest BCUT2D eigenvalue weighted by molar-refractivity contribution is -0.140. The van der Waals surface area contributed by atoms with Gasteiger partial charge in [-0.15, -0.1) is 0 Å². The number of amides is 1. The molecule has 1 unspecified atom stereocenters. The Bertz CT molecular complexity index is 568. The van der Waals surface area contributed by atoms with Gasteiger partial charge in [0.2, 0.25) is 5.91 Å². The first-order chi connectivity index (χ1) is 11.1. The summed E-state index contributed by atoms with van der Waals surface area (Å²) < 4.78 is 6.61. The minimum atomic E-state index is -0.0703. The molecule has 0 radical (unpaired) electrons. The van der Waals surface area contributed by atoms with Crippen LogP contribution < -0.4 is 4.74 Å². The summed E-state index contributed by atoms with van der Waals surface area (Å²) in [6, 6.07) is 0.343. The molecule has 1 amide bonds. The maximum absolute atomic E-state index is 12.6. The number of piperidine rings is 1. The van der Waals surface area contributed by atoms with Gasteiger partial charge in [0.1, 0.15) is 11.9 Å². The second-order valence-corrected chi connectivity index (χ2v) is 7.08. The fourth-order valence-electron chi connectivity index (χ4n) is 3.19. The van der Waals surface area contributed by atoms with Gasteiger partial charge in [0, 0.05) is 37.7 Å². The maximum atomic E-state index is 12.6. The van der Waals surface area contributed by atoms with E-state index in [2.05, 4.69) is 25.9 Å². The number of aromatic nitrogens is 2. The molecular weight excluding hydrogens is 362 g/mol. The zero-order valence-corrected chi connectivity index (χ0v) is 14.5. The van der Waals surface area contributed by atoms with E-state index < -0.39 is 0 Å². The van der Waals surface area contributed by atoms with Gasteiger partial charge in [-0.3, -0.25) is 9.59 Å². The van der Waals surface area contributed by atoms with Crippen LogP contribution in [0.1, 0.15) is 38.5 Å². The molecule has 0 aromatic carbocycles. The molecular formula is C16H20BrN3O3. The number of hydrogen-bond donors (Lipinski definition) is 0. The molecule has 0 N–H and O–H groups in total. The van der Waals surface area contributed by atoms with Crippen LogP contribution in [0.15, 0.2) is 16.9 Å². The summed E-state index contributed by atoms with van der Waals surface area (Å²) in [5.74, 6) is 0.444.